The summed E-state index contributed by atoms with van der Waals surface area (Å²) in [7, 11) is 0. The van der Waals surface area contributed by atoms with E-state index in [4.69, 9.17) is 11.6 Å². The second-order valence-corrected chi connectivity index (χ2v) is 8.52. The molecule has 0 saturated carbocycles. The summed E-state index contributed by atoms with van der Waals surface area (Å²) < 4.78 is 0. The minimum absolute atomic E-state index is 0.0277. The van der Waals surface area contributed by atoms with Crippen LogP contribution in [-0.2, 0) is 20.5 Å². The Kier molecular flexibility index (Phi) is 5.36. The number of rotatable bonds is 4. The van der Waals surface area contributed by atoms with E-state index in [1.807, 2.05) is 24.3 Å². The van der Waals surface area contributed by atoms with Gasteiger partial charge < -0.3 is 10.6 Å². The van der Waals surface area contributed by atoms with E-state index in [9.17, 15) is 14.4 Å². The number of anilines is 1. The zero-order valence-electron chi connectivity index (χ0n) is 16.7. The molecule has 0 spiro atoms. The van der Waals surface area contributed by atoms with Crippen molar-refractivity contribution < 1.29 is 14.4 Å². The van der Waals surface area contributed by atoms with Crippen molar-refractivity contribution in [3.8, 4) is 0 Å². The van der Waals surface area contributed by atoms with Crippen LogP contribution in [0, 0.1) is 0 Å². The first-order valence-corrected chi connectivity index (χ1v) is 9.55. The lowest BCUT2D eigenvalue weighted by molar-refractivity contribution is -0.133. The first-order valence-electron chi connectivity index (χ1n) is 9.18. The van der Waals surface area contributed by atoms with Crippen molar-refractivity contribution in [1.29, 1.82) is 0 Å². The third-order valence-corrected chi connectivity index (χ3v) is 5.24. The molecule has 1 aliphatic heterocycles. The van der Waals surface area contributed by atoms with Gasteiger partial charge in [0.2, 0.25) is 5.91 Å². The molecule has 1 aromatic carbocycles. The normalized spacial score (nSPS) is 19.3. The number of urea groups is 1. The molecule has 1 atom stereocenters. The van der Waals surface area contributed by atoms with Gasteiger partial charge in [-0.05, 0) is 35.6 Å². The van der Waals surface area contributed by atoms with Crippen molar-refractivity contribution >= 4 is 35.1 Å². The fraction of sp³-hybridized carbons (Fsp3) is 0.333. The Bertz CT molecular complexity index is 969. The fourth-order valence-electron chi connectivity index (χ4n) is 3.15. The van der Waals surface area contributed by atoms with Gasteiger partial charge in [-0.2, -0.15) is 0 Å². The molecule has 152 valence electrons. The van der Waals surface area contributed by atoms with E-state index < -0.39 is 29.9 Å². The van der Waals surface area contributed by atoms with Gasteiger partial charge in [-0.15, -0.1) is 0 Å². The molecule has 0 radical (unpaired) electrons. The van der Waals surface area contributed by atoms with Gasteiger partial charge in [0, 0.05) is 6.20 Å². The van der Waals surface area contributed by atoms with Gasteiger partial charge in [0.15, 0.2) is 5.15 Å². The summed E-state index contributed by atoms with van der Waals surface area (Å²) in [6, 6.07) is 10.1. The topological polar surface area (TPSA) is 91.4 Å². The van der Waals surface area contributed by atoms with Crippen LogP contribution in [0.15, 0.2) is 42.6 Å². The number of nitrogens with zero attached hydrogens (tertiary/aromatic N) is 2. The Hall–Kier alpha value is -2.93. The zero-order chi connectivity index (χ0) is 21.4. The number of carbonyl (C=O) groups excluding carboxylic acids is 3. The summed E-state index contributed by atoms with van der Waals surface area (Å²) in [6.07, 6.45) is 1.49. The van der Waals surface area contributed by atoms with Gasteiger partial charge in [-0.1, -0.05) is 56.6 Å². The van der Waals surface area contributed by atoms with Crippen molar-refractivity contribution in [2.75, 3.05) is 11.9 Å². The number of amides is 4. The van der Waals surface area contributed by atoms with Crippen LogP contribution in [0.4, 0.5) is 10.5 Å². The average Bonchev–Trinajstić information content (AvgIpc) is 2.87. The maximum atomic E-state index is 13.0. The number of hydrogen-bond acceptors (Lipinski definition) is 4. The summed E-state index contributed by atoms with van der Waals surface area (Å²) in [5.41, 5.74) is 0.819. The lowest BCUT2D eigenvalue weighted by atomic mass is 9.84. The Morgan fingerprint density at radius 1 is 1.21 bits per heavy atom. The predicted molar refractivity (Wildman–Crippen MR) is 111 cm³/mol. The van der Waals surface area contributed by atoms with E-state index in [0.717, 1.165) is 10.5 Å². The number of benzene rings is 1. The number of hydrogen-bond donors (Lipinski definition) is 2. The molecule has 2 N–H and O–H groups in total. The molecule has 1 saturated heterocycles. The third kappa shape index (κ3) is 4.10. The van der Waals surface area contributed by atoms with Gasteiger partial charge >= 0.3 is 6.03 Å². The highest BCUT2D eigenvalue weighted by molar-refractivity contribution is 6.32. The molecule has 29 heavy (non-hydrogen) atoms. The van der Waals surface area contributed by atoms with Crippen molar-refractivity contribution in [3.63, 3.8) is 0 Å². The molecular weight excluding hydrogens is 392 g/mol. The van der Waals surface area contributed by atoms with E-state index in [-0.39, 0.29) is 10.6 Å². The fourth-order valence-corrected chi connectivity index (χ4v) is 3.32. The average molecular weight is 415 g/mol. The second kappa shape index (κ2) is 7.48. The minimum Gasteiger partial charge on any atom is -0.322 e. The summed E-state index contributed by atoms with van der Waals surface area (Å²) in [6.45, 7) is 7.50. The molecule has 3 rings (SSSR count). The Morgan fingerprint density at radius 2 is 1.86 bits per heavy atom. The van der Waals surface area contributed by atoms with Crippen LogP contribution < -0.4 is 10.6 Å². The van der Waals surface area contributed by atoms with Crippen molar-refractivity contribution in [3.05, 3.63) is 58.9 Å². The molecule has 8 heteroatoms. The summed E-state index contributed by atoms with van der Waals surface area (Å²) in [4.78, 5) is 42.5. The SMILES string of the molecule is CC(C)(C)c1ccc(C2(C)NC(=O)N(CC(=O)Nc3cccnc3Cl)C2=O)cc1. The molecular formula is C21H23ClN4O3. The van der Waals surface area contributed by atoms with E-state index in [1.54, 1.807) is 19.1 Å². The highest BCUT2D eigenvalue weighted by Crippen LogP contribution is 2.31. The van der Waals surface area contributed by atoms with Crippen molar-refractivity contribution in [2.24, 2.45) is 0 Å². The number of imide groups is 1. The smallest absolute Gasteiger partial charge is 0.322 e. The summed E-state index contributed by atoms with van der Waals surface area (Å²) in [5, 5.41) is 5.39. The Morgan fingerprint density at radius 3 is 2.45 bits per heavy atom. The molecule has 2 aromatic rings. The lowest BCUT2D eigenvalue weighted by Crippen LogP contribution is -2.42. The standard InChI is InChI=1S/C21H23ClN4O3/c1-20(2,3)13-7-9-14(10-8-13)21(4)18(28)26(19(29)25-21)12-16(27)24-15-6-5-11-23-17(15)22/h5-11H,12H2,1-4H3,(H,24,27)(H,25,29). The first kappa shape index (κ1) is 20.8. The third-order valence-electron chi connectivity index (χ3n) is 4.94. The van der Waals surface area contributed by atoms with Crippen LogP contribution in [0.25, 0.3) is 0 Å². The van der Waals surface area contributed by atoms with Gasteiger partial charge in [-0.25, -0.2) is 9.78 Å². The van der Waals surface area contributed by atoms with E-state index in [1.165, 1.54) is 6.20 Å². The van der Waals surface area contributed by atoms with Crippen LogP contribution >= 0.6 is 11.6 Å². The first-order chi connectivity index (χ1) is 13.5. The van der Waals surface area contributed by atoms with Crippen LogP contribution in [0.5, 0.6) is 0 Å². The van der Waals surface area contributed by atoms with Gasteiger partial charge in [0.25, 0.3) is 5.91 Å². The number of aromatic nitrogens is 1. The lowest BCUT2D eigenvalue weighted by Gasteiger charge is -2.24. The van der Waals surface area contributed by atoms with Gasteiger partial charge in [-0.3, -0.25) is 14.5 Å². The predicted octanol–water partition coefficient (Wildman–Crippen LogP) is 3.44. The molecule has 4 amide bonds. The molecule has 1 aromatic heterocycles. The molecule has 1 unspecified atom stereocenters. The quantitative estimate of drug-likeness (QED) is 0.592. The van der Waals surface area contributed by atoms with E-state index in [2.05, 4.69) is 36.4 Å². The number of nitrogens with one attached hydrogen (secondary N) is 2. The van der Waals surface area contributed by atoms with Crippen molar-refractivity contribution in [1.82, 2.24) is 15.2 Å². The van der Waals surface area contributed by atoms with Crippen LogP contribution in [0.2, 0.25) is 5.15 Å². The van der Waals surface area contributed by atoms with Crippen molar-refractivity contribution in [2.45, 2.75) is 38.6 Å². The molecule has 7 nitrogen and oxygen atoms in total. The largest absolute Gasteiger partial charge is 0.325 e. The van der Waals surface area contributed by atoms with Crippen LogP contribution in [0.3, 0.4) is 0 Å². The monoisotopic (exact) mass is 414 g/mol. The molecule has 1 fully saturated rings. The Balaban J connectivity index is 1.76. The van der Waals surface area contributed by atoms with E-state index in [0.29, 0.717) is 11.3 Å². The second-order valence-electron chi connectivity index (χ2n) is 8.16. The summed E-state index contributed by atoms with van der Waals surface area (Å²) >= 11 is 5.93. The minimum atomic E-state index is -1.24. The summed E-state index contributed by atoms with van der Waals surface area (Å²) in [5.74, 6) is -1.03. The van der Waals surface area contributed by atoms with Crippen LogP contribution in [-0.4, -0.2) is 34.3 Å². The maximum absolute atomic E-state index is 13.0. The highest BCUT2D eigenvalue weighted by Gasteiger charge is 2.49. The molecule has 0 aliphatic carbocycles. The van der Waals surface area contributed by atoms with Crippen LogP contribution in [0.1, 0.15) is 38.8 Å². The Labute approximate surface area is 174 Å². The molecule has 0 bridgehead atoms. The van der Waals surface area contributed by atoms with E-state index >= 15 is 0 Å². The number of carbonyl (C=O) groups is 3. The molecule has 2 heterocycles. The molecule has 1 aliphatic rings. The number of halogens is 1. The number of pyridine rings is 1. The maximum Gasteiger partial charge on any atom is 0.325 e. The zero-order valence-corrected chi connectivity index (χ0v) is 17.5. The van der Waals surface area contributed by atoms with Gasteiger partial charge in [0.1, 0.15) is 12.1 Å². The van der Waals surface area contributed by atoms with Gasteiger partial charge in [0.05, 0.1) is 5.69 Å². The highest BCUT2D eigenvalue weighted by atomic mass is 35.5.